The molecule has 2 aromatic rings. The summed E-state index contributed by atoms with van der Waals surface area (Å²) < 4.78 is 17.0. The first kappa shape index (κ1) is 23.9. The number of carboxylic acids is 1. The Bertz CT molecular complexity index is 1180. The highest BCUT2D eigenvalue weighted by Gasteiger charge is 2.54. The molecule has 0 aliphatic carbocycles. The number of carboxylic acid groups (broad SMARTS) is 1. The lowest BCUT2D eigenvalue weighted by molar-refractivity contribution is -0.149. The summed E-state index contributed by atoms with van der Waals surface area (Å²) in [5.41, 5.74) is 0.106. The van der Waals surface area contributed by atoms with E-state index in [0.29, 0.717) is 17.1 Å². The van der Waals surface area contributed by atoms with Crippen LogP contribution in [0, 0.1) is 0 Å². The molecule has 1 fully saturated rings. The van der Waals surface area contributed by atoms with Gasteiger partial charge in [0.2, 0.25) is 0 Å². The van der Waals surface area contributed by atoms with Crippen LogP contribution in [0.2, 0.25) is 0 Å². The molecule has 0 radical (unpaired) electrons. The Morgan fingerprint density at radius 3 is 2.62 bits per heavy atom. The number of carbonyl (C=O) groups excluding carboxylic acids is 3. The average Bonchev–Trinajstić information content (AvgIpc) is 3.29. The van der Waals surface area contributed by atoms with Gasteiger partial charge in [0.25, 0.3) is 11.8 Å². The second-order valence-electron chi connectivity index (χ2n) is 7.41. The minimum atomic E-state index is -1.30. The number of nitrogens with one attached hydrogen (secondary N) is 1. The number of fused-ring (bicyclic) bond motifs is 1. The van der Waals surface area contributed by atoms with Crippen LogP contribution in [-0.2, 0) is 25.7 Å². The van der Waals surface area contributed by atoms with Crippen molar-refractivity contribution < 1.29 is 38.2 Å². The van der Waals surface area contributed by atoms with Gasteiger partial charge in [0.1, 0.15) is 41.8 Å². The highest BCUT2D eigenvalue weighted by molar-refractivity contribution is 9.10. The Morgan fingerprint density at radius 2 is 1.94 bits per heavy atom. The average molecular weight is 551 g/mol. The number of hydrogen-bond acceptors (Lipinski definition) is 8. The van der Waals surface area contributed by atoms with Crippen LogP contribution in [-0.4, -0.2) is 57.5 Å². The van der Waals surface area contributed by atoms with Crippen molar-refractivity contribution in [3.63, 3.8) is 0 Å². The molecular formula is C22H19BrN2O8S. The summed E-state index contributed by atoms with van der Waals surface area (Å²) in [6.45, 7) is 1.11. The fourth-order valence-corrected chi connectivity index (χ4v) is 5.05. The molecule has 34 heavy (non-hydrogen) atoms. The maximum Gasteiger partial charge on any atom is 0.352 e. The molecule has 0 unspecified atom stereocenters. The van der Waals surface area contributed by atoms with Gasteiger partial charge in [-0.25, -0.2) is 4.79 Å². The molecule has 10 nitrogen and oxygen atoms in total. The van der Waals surface area contributed by atoms with Crippen LogP contribution in [0.25, 0.3) is 0 Å². The second-order valence-corrected chi connectivity index (χ2v) is 9.43. The molecule has 3 heterocycles. The van der Waals surface area contributed by atoms with Gasteiger partial charge in [0.15, 0.2) is 5.76 Å². The highest BCUT2D eigenvalue weighted by atomic mass is 79.9. The maximum atomic E-state index is 12.7. The predicted molar refractivity (Wildman–Crippen MR) is 123 cm³/mol. The molecule has 1 aromatic carbocycles. The van der Waals surface area contributed by atoms with E-state index in [2.05, 4.69) is 21.2 Å². The topological polar surface area (TPSA) is 135 Å². The van der Waals surface area contributed by atoms with E-state index in [0.717, 1.165) is 9.37 Å². The lowest BCUT2D eigenvalue weighted by atomic mass is 10.0. The Hall–Kier alpha value is -3.25. The first-order valence-corrected chi connectivity index (χ1v) is 11.9. The summed E-state index contributed by atoms with van der Waals surface area (Å²) in [4.78, 5) is 49.3. The number of benzene rings is 1. The molecule has 1 saturated heterocycles. The van der Waals surface area contributed by atoms with Gasteiger partial charge in [-0.15, -0.1) is 11.8 Å². The zero-order chi connectivity index (χ0) is 24.4. The fraction of sp³-hybridized carbons (Fsp3) is 0.273. The molecule has 2 amide bonds. The van der Waals surface area contributed by atoms with Crippen molar-refractivity contribution in [2.75, 3.05) is 12.4 Å². The Balaban J connectivity index is 1.37. The lowest BCUT2D eigenvalue weighted by Gasteiger charge is -2.49. The third-order valence-electron chi connectivity index (χ3n) is 5.07. The van der Waals surface area contributed by atoms with E-state index in [1.165, 1.54) is 24.8 Å². The molecule has 2 atom stereocenters. The van der Waals surface area contributed by atoms with Crippen molar-refractivity contribution in [3.05, 3.63) is 63.7 Å². The van der Waals surface area contributed by atoms with E-state index >= 15 is 0 Å². The van der Waals surface area contributed by atoms with Crippen molar-refractivity contribution >= 4 is 51.4 Å². The number of carbonyl (C=O) groups is 4. The van der Waals surface area contributed by atoms with Crippen LogP contribution in [0.3, 0.4) is 0 Å². The first-order valence-electron chi connectivity index (χ1n) is 10.1. The molecule has 1 aromatic heterocycles. The molecule has 178 valence electrons. The van der Waals surface area contributed by atoms with Crippen LogP contribution in [0.4, 0.5) is 0 Å². The molecule has 0 spiro atoms. The second kappa shape index (κ2) is 9.94. The molecule has 2 N–H and O–H groups in total. The monoisotopic (exact) mass is 550 g/mol. The van der Waals surface area contributed by atoms with Crippen LogP contribution in [0.5, 0.6) is 5.75 Å². The fourth-order valence-electron chi connectivity index (χ4n) is 3.46. The zero-order valence-corrected chi connectivity index (χ0v) is 20.2. The summed E-state index contributed by atoms with van der Waals surface area (Å²) in [5, 5.41) is 11.6. The van der Waals surface area contributed by atoms with Gasteiger partial charge in [0, 0.05) is 22.7 Å². The number of esters is 1. The zero-order valence-electron chi connectivity index (χ0n) is 17.8. The van der Waals surface area contributed by atoms with Gasteiger partial charge < -0.3 is 24.3 Å². The van der Waals surface area contributed by atoms with E-state index < -0.39 is 35.2 Å². The number of β-lactam (4-membered cyclic amide) rings is 1. The van der Waals surface area contributed by atoms with Crippen molar-refractivity contribution in [2.24, 2.45) is 0 Å². The predicted octanol–water partition coefficient (Wildman–Crippen LogP) is 2.54. The van der Waals surface area contributed by atoms with Gasteiger partial charge in [-0.3, -0.25) is 19.3 Å². The standard InChI is InChI=1S/C22H19BrN2O8S/c1-11(26)31-8-12-10-34-21-17(20(28)25(21)18(12)22(29)30)24-19(27)16-7-6-15(33-16)9-32-14-4-2-13(23)3-5-14/h2-7,17,21H,8-10H2,1H3,(H,24,27)(H,29,30)/t17-,21-/m0/s1. The highest BCUT2D eigenvalue weighted by Crippen LogP contribution is 2.40. The normalized spacial score (nSPS) is 19.2. The molecule has 0 saturated carbocycles. The molecular weight excluding hydrogens is 532 g/mol. The van der Waals surface area contributed by atoms with Gasteiger partial charge in [-0.1, -0.05) is 15.9 Å². The molecule has 4 rings (SSSR count). The minimum Gasteiger partial charge on any atom is -0.486 e. The summed E-state index contributed by atoms with van der Waals surface area (Å²) in [6.07, 6.45) is 0. The number of rotatable bonds is 8. The first-order chi connectivity index (χ1) is 16.2. The van der Waals surface area contributed by atoms with Gasteiger partial charge in [0.05, 0.1) is 0 Å². The smallest absolute Gasteiger partial charge is 0.352 e. The number of halogens is 1. The number of amides is 2. The van der Waals surface area contributed by atoms with Crippen molar-refractivity contribution in [3.8, 4) is 5.75 Å². The summed E-state index contributed by atoms with van der Waals surface area (Å²) in [5.74, 6) is -1.70. The van der Waals surface area contributed by atoms with Crippen LogP contribution in [0.1, 0.15) is 23.2 Å². The number of thioether (sulfide) groups is 1. The number of hydrogen-bond donors (Lipinski definition) is 2. The Kier molecular flexibility index (Phi) is 6.98. The Labute approximate surface area is 206 Å². The van der Waals surface area contributed by atoms with Crippen molar-refractivity contribution in [2.45, 2.75) is 24.9 Å². The van der Waals surface area contributed by atoms with E-state index in [-0.39, 0.29) is 30.4 Å². The van der Waals surface area contributed by atoms with Gasteiger partial charge in [-0.2, -0.15) is 0 Å². The summed E-state index contributed by atoms with van der Waals surface area (Å²) >= 11 is 4.62. The van der Waals surface area contributed by atoms with E-state index in [4.69, 9.17) is 13.9 Å². The SMILES string of the molecule is CC(=O)OCC1=C(C(=O)O)N2C(=O)[C@H](NC(=O)c3ccc(COc4ccc(Br)cc4)o3)[C@@H]2SC1. The summed E-state index contributed by atoms with van der Waals surface area (Å²) in [6, 6.07) is 9.41. The Morgan fingerprint density at radius 1 is 1.21 bits per heavy atom. The third kappa shape index (κ3) is 4.97. The molecule has 0 bridgehead atoms. The van der Waals surface area contributed by atoms with Crippen molar-refractivity contribution in [1.29, 1.82) is 0 Å². The van der Waals surface area contributed by atoms with Crippen LogP contribution in [0.15, 0.2) is 56.6 Å². The van der Waals surface area contributed by atoms with Gasteiger partial charge >= 0.3 is 11.9 Å². The quantitative estimate of drug-likeness (QED) is 0.375. The van der Waals surface area contributed by atoms with Crippen molar-refractivity contribution in [1.82, 2.24) is 10.2 Å². The number of ether oxygens (including phenoxy) is 2. The molecule has 2 aliphatic heterocycles. The van der Waals surface area contributed by atoms with E-state index in [1.54, 1.807) is 18.2 Å². The molecule has 2 aliphatic rings. The maximum absolute atomic E-state index is 12.7. The lowest BCUT2D eigenvalue weighted by Crippen LogP contribution is -2.70. The number of aliphatic carboxylic acids is 1. The largest absolute Gasteiger partial charge is 0.486 e. The number of nitrogens with zero attached hydrogens (tertiary/aromatic N) is 1. The van der Waals surface area contributed by atoms with E-state index in [9.17, 15) is 24.3 Å². The van der Waals surface area contributed by atoms with Crippen LogP contribution >= 0.6 is 27.7 Å². The van der Waals surface area contributed by atoms with E-state index in [1.807, 2.05) is 12.1 Å². The minimum absolute atomic E-state index is 0.00557. The number of furan rings is 1. The third-order valence-corrected chi connectivity index (χ3v) is 6.93. The van der Waals surface area contributed by atoms with Gasteiger partial charge in [-0.05, 0) is 36.4 Å². The van der Waals surface area contributed by atoms with Crippen LogP contribution < -0.4 is 10.1 Å². The summed E-state index contributed by atoms with van der Waals surface area (Å²) in [7, 11) is 0. The molecule has 12 heteroatoms.